The predicted octanol–water partition coefficient (Wildman–Crippen LogP) is 3.93. The predicted molar refractivity (Wildman–Crippen MR) is 74.7 cm³/mol. The van der Waals surface area contributed by atoms with Gasteiger partial charge < -0.3 is 0 Å². The van der Waals surface area contributed by atoms with E-state index in [-0.39, 0.29) is 10.6 Å². The number of halogens is 4. The van der Waals surface area contributed by atoms with Crippen molar-refractivity contribution in [3.8, 4) is 0 Å². The first-order valence-corrected chi connectivity index (χ1v) is 6.56. The average molecular weight is 348 g/mol. The third-order valence-electron chi connectivity index (χ3n) is 2.73. The Kier molecular flexibility index (Phi) is 4.52. The van der Waals surface area contributed by atoms with E-state index >= 15 is 0 Å². The van der Waals surface area contributed by atoms with Crippen LogP contribution in [0.25, 0.3) is 0 Å². The molecule has 100 valence electrons. The van der Waals surface area contributed by atoms with Gasteiger partial charge in [0.25, 0.3) is 0 Å². The minimum Gasteiger partial charge on any atom is -0.271 e. The van der Waals surface area contributed by atoms with Crippen molar-refractivity contribution in [1.29, 1.82) is 0 Å². The third kappa shape index (κ3) is 2.95. The summed E-state index contributed by atoms with van der Waals surface area (Å²) in [5.74, 6) is 4.44. The Hall–Kier alpha value is -1.01. The molecule has 0 aromatic heterocycles. The van der Waals surface area contributed by atoms with E-state index < -0.39 is 17.7 Å². The van der Waals surface area contributed by atoms with Crippen molar-refractivity contribution in [3.05, 3.63) is 68.7 Å². The van der Waals surface area contributed by atoms with Crippen LogP contribution in [0, 0.1) is 11.6 Å². The molecule has 0 amide bonds. The summed E-state index contributed by atoms with van der Waals surface area (Å²) in [5.41, 5.74) is 3.12. The Morgan fingerprint density at radius 2 is 1.84 bits per heavy atom. The van der Waals surface area contributed by atoms with Crippen LogP contribution in [0.3, 0.4) is 0 Å². The summed E-state index contributed by atoms with van der Waals surface area (Å²) < 4.78 is 28.0. The van der Waals surface area contributed by atoms with E-state index in [4.69, 9.17) is 17.4 Å². The second-order valence-corrected chi connectivity index (χ2v) is 5.20. The zero-order valence-corrected chi connectivity index (χ0v) is 12.0. The van der Waals surface area contributed by atoms with Crippen molar-refractivity contribution in [2.45, 2.75) is 6.04 Å². The first-order valence-electron chi connectivity index (χ1n) is 5.39. The van der Waals surface area contributed by atoms with Gasteiger partial charge in [-0.3, -0.25) is 5.84 Å². The lowest BCUT2D eigenvalue weighted by atomic mass is 9.98. The summed E-state index contributed by atoms with van der Waals surface area (Å²) in [5, 5.41) is -0.0789. The second kappa shape index (κ2) is 5.96. The molecule has 0 bridgehead atoms. The van der Waals surface area contributed by atoms with Crippen LogP contribution in [0.5, 0.6) is 0 Å². The van der Waals surface area contributed by atoms with Gasteiger partial charge in [0, 0.05) is 10.0 Å². The fourth-order valence-corrected chi connectivity index (χ4v) is 2.44. The molecule has 0 radical (unpaired) electrons. The standard InChI is InChI=1S/C13H10BrClF2N2/c14-7-4-5-10(16)9(6-7)13(19-18)8-2-1-3-11(17)12(8)15/h1-6,13,19H,18H2. The topological polar surface area (TPSA) is 38.0 Å². The number of hydrogen-bond acceptors (Lipinski definition) is 2. The average Bonchev–Trinajstić information content (AvgIpc) is 2.39. The summed E-state index contributed by atoms with van der Waals surface area (Å²) >= 11 is 9.16. The molecule has 0 fully saturated rings. The summed E-state index contributed by atoms with van der Waals surface area (Å²) in [6.45, 7) is 0. The Labute approximate surface area is 122 Å². The van der Waals surface area contributed by atoms with Crippen LogP contribution < -0.4 is 11.3 Å². The van der Waals surface area contributed by atoms with Crippen molar-refractivity contribution >= 4 is 27.5 Å². The van der Waals surface area contributed by atoms with E-state index in [1.54, 1.807) is 18.2 Å². The zero-order valence-electron chi connectivity index (χ0n) is 9.63. The molecule has 2 nitrogen and oxygen atoms in total. The highest BCUT2D eigenvalue weighted by molar-refractivity contribution is 9.10. The molecule has 0 heterocycles. The van der Waals surface area contributed by atoms with Crippen LogP contribution in [0.15, 0.2) is 40.9 Å². The molecule has 1 atom stereocenters. The molecule has 3 N–H and O–H groups in total. The van der Waals surface area contributed by atoms with Crippen LogP contribution in [0.2, 0.25) is 5.02 Å². The summed E-state index contributed by atoms with van der Waals surface area (Å²) in [7, 11) is 0. The highest BCUT2D eigenvalue weighted by atomic mass is 79.9. The van der Waals surface area contributed by atoms with Gasteiger partial charge in [0.05, 0.1) is 11.1 Å². The molecule has 1 unspecified atom stereocenters. The molecule has 2 aromatic carbocycles. The fraction of sp³-hybridized carbons (Fsp3) is 0.0769. The van der Waals surface area contributed by atoms with E-state index in [1.165, 1.54) is 18.2 Å². The quantitative estimate of drug-likeness (QED) is 0.652. The Balaban J connectivity index is 2.56. The van der Waals surface area contributed by atoms with Crippen LogP contribution in [0.1, 0.15) is 17.2 Å². The highest BCUT2D eigenvalue weighted by Crippen LogP contribution is 2.32. The van der Waals surface area contributed by atoms with Crippen molar-refractivity contribution in [3.63, 3.8) is 0 Å². The van der Waals surface area contributed by atoms with Crippen LogP contribution >= 0.6 is 27.5 Å². The van der Waals surface area contributed by atoms with Crippen LogP contribution in [0.4, 0.5) is 8.78 Å². The van der Waals surface area contributed by atoms with Crippen molar-refractivity contribution in [2.24, 2.45) is 5.84 Å². The van der Waals surface area contributed by atoms with Crippen molar-refractivity contribution in [2.75, 3.05) is 0 Å². The van der Waals surface area contributed by atoms with Gasteiger partial charge in [-0.25, -0.2) is 14.2 Å². The maximum atomic E-state index is 13.9. The minimum absolute atomic E-state index is 0.0789. The molecule has 0 aliphatic rings. The van der Waals surface area contributed by atoms with Crippen molar-refractivity contribution < 1.29 is 8.78 Å². The normalized spacial score (nSPS) is 12.5. The molecule has 6 heteroatoms. The van der Waals surface area contributed by atoms with E-state index in [2.05, 4.69) is 21.4 Å². The number of hydrogen-bond donors (Lipinski definition) is 2. The molecular formula is C13H10BrClF2N2. The van der Waals surface area contributed by atoms with E-state index in [9.17, 15) is 8.78 Å². The zero-order chi connectivity index (χ0) is 14.0. The molecule has 0 saturated heterocycles. The molecular weight excluding hydrogens is 338 g/mol. The maximum absolute atomic E-state index is 13.9. The number of rotatable bonds is 3. The SMILES string of the molecule is NNC(c1cc(Br)ccc1F)c1cccc(F)c1Cl. The van der Waals surface area contributed by atoms with Gasteiger partial charge in [-0.05, 0) is 29.8 Å². The molecule has 0 spiro atoms. The van der Waals surface area contributed by atoms with Gasteiger partial charge in [-0.15, -0.1) is 0 Å². The van der Waals surface area contributed by atoms with Crippen LogP contribution in [-0.2, 0) is 0 Å². The van der Waals surface area contributed by atoms with Gasteiger partial charge in [0.1, 0.15) is 11.6 Å². The molecule has 0 saturated carbocycles. The first-order chi connectivity index (χ1) is 9.04. The fourth-order valence-electron chi connectivity index (χ4n) is 1.83. The molecule has 2 rings (SSSR count). The smallest absolute Gasteiger partial charge is 0.142 e. The van der Waals surface area contributed by atoms with Gasteiger partial charge in [0.15, 0.2) is 0 Å². The number of nitrogens with one attached hydrogen (secondary N) is 1. The Morgan fingerprint density at radius 1 is 1.11 bits per heavy atom. The maximum Gasteiger partial charge on any atom is 0.142 e. The monoisotopic (exact) mass is 346 g/mol. The van der Waals surface area contributed by atoms with Gasteiger partial charge in [0.2, 0.25) is 0 Å². The molecule has 0 aliphatic carbocycles. The Bertz CT molecular complexity index is 605. The summed E-state index contributed by atoms with van der Waals surface area (Å²) in [6, 6.07) is 8.03. The number of benzene rings is 2. The van der Waals surface area contributed by atoms with Gasteiger partial charge in [-0.2, -0.15) is 0 Å². The van der Waals surface area contributed by atoms with Crippen molar-refractivity contribution in [1.82, 2.24) is 5.43 Å². The van der Waals surface area contributed by atoms with Gasteiger partial charge >= 0.3 is 0 Å². The van der Waals surface area contributed by atoms with E-state index in [1.807, 2.05) is 0 Å². The lowest BCUT2D eigenvalue weighted by molar-refractivity contribution is 0.555. The first kappa shape index (κ1) is 14.4. The molecule has 0 aliphatic heterocycles. The van der Waals surface area contributed by atoms with Gasteiger partial charge in [-0.1, -0.05) is 39.7 Å². The molecule has 19 heavy (non-hydrogen) atoms. The number of nitrogens with two attached hydrogens (primary N) is 1. The summed E-state index contributed by atoms with van der Waals surface area (Å²) in [4.78, 5) is 0. The van der Waals surface area contributed by atoms with E-state index in [0.29, 0.717) is 10.0 Å². The van der Waals surface area contributed by atoms with E-state index in [0.717, 1.165) is 0 Å². The van der Waals surface area contributed by atoms with Crippen LogP contribution in [-0.4, -0.2) is 0 Å². The Morgan fingerprint density at radius 3 is 2.53 bits per heavy atom. The number of hydrazine groups is 1. The lowest BCUT2D eigenvalue weighted by Crippen LogP contribution is -2.30. The largest absolute Gasteiger partial charge is 0.271 e. The lowest BCUT2D eigenvalue weighted by Gasteiger charge is -2.19. The third-order valence-corrected chi connectivity index (χ3v) is 3.62. The summed E-state index contributed by atoms with van der Waals surface area (Å²) in [6.07, 6.45) is 0. The second-order valence-electron chi connectivity index (χ2n) is 3.91. The highest BCUT2D eigenvalue weighted by Gasteiger charge is 2.20. The minimum atomic E-state index is -0.735. The molecule has 2 aromatic rings.